The summed E-state index contributed by atoms with van der Waals surface area (Å²) in [5.41, 5.74) is 0. The van der Waals surface area contributed by atoms with Gasteiger partial charge in [-0.25, -0.2) is 0 Å². The van der Waals surface area contributed by atoms with Crippen molar-refractivity contribution in [2.24, 2.45) is 0 Å². The van der Waals surface area contributed by atoms with Crippen molar-refractivity contribution in [3.63, 3.8) is 0 Å². The number of unbranched alkanes of at least 4 members (excludes halogenated alkanes) is 7. The van der Waals surface area contributed by atoms with E-state index >= 15 is 0 Å². The summed E-state index contributed by atoms with van der Waals surface area (Å²) in [7, 11) is 4.47. The molecule has 1 N–H and O–H groups in total. The Labute approximate surface area is 138 Å². The van der Waals surface area contributed by atoms with Gasteiger partial charge in [0.2, 0.25) is 5.91 Å². The Kier molecular flexibility index (Phi) is 13.3. The Balaban J connectivity index is 3.31. The Hall–Kier alpha value is -0.830. The first kappa shape index (κ1) is 21.2. The molecule has 0 radical (unpaired) electrons. The van der Waals surface area contributed by atoms with Crippen LogP contribution in [0.2, 0.25) is 0 Å². The number of nitrogens with zero attached hydrogens (tertiary/aromatic N) is 1. The molecule has 0 bridgehead atoms. The van der Waals surface area contributed by atoms with Crippen molar-refractivity contribution < 1.29 is 9.28 Å². The highest BCUT2D eigenvalue weighted by molar-refractivity contribution is 5.75. The van der Waals surface area contributed by atoms with Gasteiger partial charge in [-0.3, -0.25) is 4.79 Å². The third-order valence-corrected chi connectivity index (χ3v) is 4.43. The number of quaternary nitrogens is 1. The summed E-state index contributed by atoms with van der Waals surface area (Å²) in [6.45, 7) is 9.04. The highest BCUT2D eigenvalue weighted by atomic mass is 16.1. The van der Waals surface area contributed by atoms with Crippen LogP contribution in [0.15, 0.2) is 12.7 Å². The summed E-state index contributed by atoms with van der Waals surface area (Å²) in [4.78, 5) is 11.7. The second-order valence-corrected chi connectivity index (χ2v) is 6.98. The standard InChI is InChI=1S/C19H38N2O/c1-5-7-8-9-10-11-12-13-14-16-19(22)20-17-15-18-21(3,4)6-2/h5H,1,6-18H2,2-4H3/p+1. The highest BCUT2D eigenvalue weighted by Gasteiger charge is 2.10. The van der Waals surface area contributed by atoms with Crippen LogP contribution in [0.3, 0.4) is 0 Å². The summed E-state index contributed by atoms with van der Waals surface area (Å²) >= 11 is 0. The van der Waals surface area contributed by atoms with E-state index in [0.717, 1.165) is 43.4 Å². The van der Waals surface area contributed by atoms with Gasteiger partial charge >= 0.3 is 0 Å². The van der Waals surface area contributed by atoms with Crippen LogP contribution in [0.1, 0.15) is 71.1 Å². The van der Waals surface area contributed by atoms with Crippen LogP contribution in [0.4, 0.5) is 0 Å². The molecular formula is C19H39N2O+. The van der Waals surface area contributed by atoms with Crippen molar-refractivity contribution in [2.45, 2.75) is 71.1 Å². The SMILES string of the molecule is C=CCCCCCCCCCC(=O)NCCC[N+](C)(C)CC. The molecule has 0 aliphatic heterocycles. The predicted octanol–water partition coefficient (Wildman–Crippen LogP) is 4.29. The van der Waals surface area contributed by atoms with Gasteiger partial charge in [0.05, 0.1) is 27.2 Å². The monoisotopic (exact) mass is 311 g/mol. The largest absolute Gasteiger partial charge is 0.356 e. The van der Waals surface area contributed by atoms with Gasteiger partial charge in [-0.15, -0.1) is 6.58 Å². The van der Waals surface area contributed by atoms with Crippen molar-refractivity contribution in [3.05, 3.63) is 12.7 Å². The molecule has 22 heavy (non-hydrogen) atoms. The first-order chi connectivity index (χ1) is 10.5. The molecule has 0 rings (SSSR count). The lowest BCUT2D eigenvalue weighted by Gasteiger charge is -2.28. The Morgan fingerprint density at radius 2 is 1.59 bits per heavy atom. The molecular weight excluding hydrogens is 272 g/mol. The van der Waals surface area contributed by atoms with Crippen molar-refractivity contribution in [1.29, 1.82) is 0 Å². The van der Waals surface area contributed by atoms with Crippen LogP contribution in [0.25, 0.3) is 0 Å². The zero-order valence-corrected chi connectivity index (χ0v) is 15.3. The van der Waals surface area contributed by atoms with E-state index in [2.05, 4.69) is 32.9 Å². The number of nitrogens with one attached hydrogen (secondary N) is 1. The molecule has 0 spiro atoms. The number of rotatable bonds is 15. The molecule has 0 aromatic heterocycles. The van der Waals surface area contributed by atoms with E-state index in [9.17, 15) is 4.79 Å². The maximum Gasteiger partial charge on any atom is 0.219 e. The Morgan fingerprint density at radius 1 is 1.00 bits per heavy atom. The van der Waals surface area contributed by atoms with Crippen molar-refractivity contribution in [2.75, 3.05) is 33.7 Å². The number of carbonyl (C=O) groups excluding carboxylic acids is 1. The van der Waals surface area contributed by atoms with Crippen molar-refractivity contribution in [1.82, 2.24) is 5.32 Å². The van der Waals surface area contributed by atoms with E-state index in [-0.39, 0.29) is 5.91 Å². The maximum absolute atomic E-state index is 11.7. The van der Waals surface area contributed by atoms with Gasteiger partial charge in [-0.1, -0.05) is 38.2 Å². The molecule has 3 heteroatoms. The lowest BCUT2D eigenvalue weighted by molar-refractivity contribution is -0.888. The number of carbonyl (C=O) groups is 1. The lowest BCUT2D eigenvalue weighted by Crippen LogP contribution is -2.41. The quantitative estimate of drug-likeness (QED) is 0.273. The summed E-state index contributed by atoms with van der Waals surface area (Å²) in [5, 5.41) is 3.05. The fourth-order valence-corrected chi connectivity index (χ4v) is 2.44. The Bertz CT molecular complexity index is 287. The summed E-state index contributed by atoms with van der Waals surface area (Å²) in [6, 6.07) is 0. The molecule has 0 unspecified atom stereocenters. The minimum atomic E-state index is 0.229. The molecule has 0 atom stereocenters. The molecule has 0 aromatic rings. The van der Waals surface area contributed by atoms with Gasteiger partial charge in [0, 0.05) is 19.4 Å². The van der Waals surface area contributed by atoms with Crippen LogP contribution in [0.5, 0.6) is 0 Å². The minimum absolute atomic E-state index is 0.229. The molecule has 0 aliphatic carbocycles. The van der Waals surface area contributed by atoms with Gasteiger partial charge in [-0.05, 0) is 26.2 Å². The van der Waals surface area contributed by atoms with Gasteiger partial charge in [0.1, 0.15) is 0 Å². The van der Waals surface area contributed by atoms with E-state index < -0.39 is 0 Å². The third-order valence-electron chi connectivity index (χ3n) is 4.43. The van der Waals surface area contributed by atoms with Gasteiger partial charge in [0.25, 0.3) is 0 Å². The van der Waals surface area contributed by atoms with E-state index in [1.165, 1.54) is 38.5 Å². The van der Waals surface area contributed by atoms with Crippen LogP contribution in [0, 0.1) is 0 Å². The normalized spacial score (nSPS) is 11.4. The van der Waals surface area contributed by atoms with Crippen LogP contribution >= 0.6 is 0 Å². The third kappa shape index (κ3) is 14.1. The average Bonchev–Trinajstić information content (AvgIpc) is 2.50. The van der Waals surface area contributed by atoms with Crippen LogP contribution in [-0.2, 0) is 4.79 Å². The Morgan fingerprint density at radius 3 is 2.18 bits per heavy atom. The number of hydrogen-bond donors (Lipinski definition) is 1. The highest BCUT2D eigenvalue weighted by Crippen LogP contribution is 2.09. The smallest absolute Gasteiger partial charge is 0.219 e. The number of allylic oxidation sites excluding steroid dienone is 1. The van der Waals surface area contributed by atoms with E-state index in [4.69, 9.17) is 0 Å². The molecule has 130 valence electrons. The molecule has 0 fully saturated rings. The van der Waals surface area contributed by atoms with Crippen molar-refractivity contribution >= 4 is 5.91 Å². The van der Waals surface area contributed by atoms with Gasteiger partial charge in [-0.2, -0.15) is 0 Å². The van der Waals surface area contributed by atoms with E-state index in [1.54, 1.807) is 0 Å². The molecule has 3 nitrogen and oxygen atoms in total. The first-order valence-electron chi connectivity index (χ1n) is 9.21. The molecule has 0 heterocycles. The molecule has 0 saturated heterocycles. The topological polar surface area (TPSA) is 29.1 Å². The predicted molar refractivity (Wildman–Crippen MR) is 96.9 cm³/mol. The first-order valence-corrected chi connectivity index (χ1v) is 9.21. The zero-order chi connectivity index (χ0) is 16.7. The number of amides is 1. The van der Waals surface area contributed by atoms with Crippen LogP contribution in [-0.4, -0.2) is 44.1 Å². The number of hydrogen-bond acceptors (Lipinski definition) is 1. The van der Waals surface area contributed by atoms with Crippen molar-refractivity contribution in [3.8, 4) is 0 Å². The fraction of sp³-hybridized carbons (Fsp3) is 0.842. The minimum Gasteiger partial charge on any atom is -0.356 e. The fourth-order valence-electron chi connectivity index (χ4n) is 2.44. The van der Waals surface area contributed by atoms with Gasteiger partial charge in [0.15, 0.2) is 0 Å². The van der Waals surface area contributed by atoms with E-state index in [0.29, 0.717) is 6.42 Å². The average molecular weight is 312 g/mol. The molecule has 0 aliphatic rings. The molecule has 0 aromatic carbocycles. The summed E-state index contributed by atoms with van der Waals surface area (Å²) in [6.07, 6.45) is 13.6. The lowest BCUT2D eigenvalue weighted by atomic mass is 10.1. The summed E-state index contributed by atoms with van der Waals surface area (Å²) < 4.78 is 1.03. The second kappa shape index (κ2) is 13.8. The van der Waals surface area contributed by atoms with Crippen LogP contribution < -0.4 is 5.32 Å². The van der Waals surface area contributed by atoms with Gasteiger partial charge < -0.3 is 9.80 Å². The molecule has 0 saturated carbocycles. The zero-order valence-electron chi connectivity index (χ0n) is 15.3. The maximum atomic E-state index is 11.7. The summed E-state index contributed by atoms with van der Waals surface area (Å²) in [5.74, 6) is 0.229. The second-order valence-electron chi connectivity index (χ2n) is 6.98. The molecule has 1 amide bonds. The van der Waals surface area contributed by atoms with E-state index in [1.807, 2.05) is 6.08 Å².